The highest BCUT2D eigenvalue weighted by molar-refractivity contribution is 9.10. The molecule has 1 aliphatic heterocycles. The van der Waals surface area contributed by atoms with Crippen molar-refractivity contribution < 1.29 is 23.7 Å². The Bertz CT molecular complexity index is 420. The number of hydrogen-bond acceptors (Lipinski definition) is 5. The van der Waals surface area contributed by atoms with Crippen molar-refractivity contribution >= 4 is 21.9 Å². The zero-order valence-corrected chi connectivity index (χ0v) is 12.1. The summed E-state index contributed by atoms with van der Waals surface area (Å²) in [6.45, 7) is 0.959. The van der Waals surface area contributed by atoms with E-state index in [1.165, 1.54) is 7.11 Å². The van der Waals surface area contributed by atoms with Gasteiger partial charge in [0.15, 0.2) is 6.10 Å². The minimum atomic E-state index is -0.669. The van der Waals surface area contributed by atoms with E-state index in [1.54, 1.807) is 0 Å². The first-order valence-electron chi connectivity index (χ1n) is 5.88. The van der Waals surface area contributed by atoms with Gasteiger partial charge in [0, 0.05) is 4.47 Å². The molecule has 0 N–H and O–H groups in total. The Morgan fingerprint density at radius 2 is 2.11 bits per heavy atom. The molecule has 2 unspecified atom stereocenters. The molecule has 2 atom stereocenters. The molecule has 6 heteroatoms. The van der Waals surface area contributed by atoms with Crippen LogP contribution in [0.2, 0.25) is 0 Å². The van der Waals surface area contributed by atoms with Gasteiger partial charge in [-0.3, -0.25) is 0 Å². The van der Waals surface area contributed by atoms with Crippen LogP contribution in [0, 0.1) is 0 Å². The molecule has 1 saturated heterocycles. The lowest BCUT2D eigenvalue weighted by Gasteiger charge is -2.28. The van der Waals surface area contributed by atoms with Crippen LogP contribution in [0.4, 0.5) is 0 Å². The van der Waals surface area contributed by atoms with Gasteiger partial charge in [0.2, 0.25) is 0 Å². The summed E-state index contributed by atoms with van der Waals surface area (Å²) in [5, 5.41) is 0. The molecule has 0 radical (unpaired) electrons. The summed E-state index contributed by atoms with van der Waals surface area (Å²) < 4.78 is 22.1. The maximum absolute atomic E-state index is 11.4. The highest BCUT2D eigenvalue weighted by Gasteiger charge is 2.29. The lowest BCUT2D eigenvalue weighted by atomic mass is 10.3. The van der Waals surface area contributed by atoms with Crippen LogP contribution in [0.1, 0.15) is 0 Å². The van der Waals surface area contributed by atoms with E-state index in [1.807, 2.05) is 24.3 Å². The standard InChI is InChI=1S/C13H15BrO5/c1-16-13(15)12-8-17-6-11(19-12)7-18-10-4-2-9(14)3-5-10/h2-5,11-12H,6-8H2,1H3. The molecule has 0 amide bonds. The minimum absolute atomic E-state index is 0.224. The van der Waals surface area contributed by atoms with Crippen molar-refractivity contribution in [2.24, 2.45) is 0 Å². The van der Waals surface area contributed by atoms with E-state index in [9.17, 15) is 4.79 Å². The van der Waals surface area contributed by atoms with Gasteiger partial charge in [0.1, 0.15) is 18.5 Å². The second-order valence-corrected chi connectivity index (χ2v) is 4.99. The number of ether oxygens (including phenoxy) is 4. The molecule has 0 aromatic heterocycles. The van der Waals surface area contributed by atoms with Crippen LogP contribution >= 0.6 is 15.9 Å². The van der Waals surface area contributed by atoms with Crippen LogP contribution in [0.15, 0.2) is 28.7 Å². The van der Waals surface area contributed by atoms with Crippen molar-refractivity contribution in [3.8, 4) is 5.75 Å². The van der Waals surface area contributed by atoms with Gasteiger partial charge in [-0.05, 0) is 24.3 Å². The molecule has 1 aliphatic rings. The molecule has 19 heavy (non-hydrogen) atoms. The first kappa shape index (κ1) is 14.3. The van der Waals surface area contributed by atoms with Gasteiger partial charge in [-0.1, -0.05) is 15.9 Å². The van der Waals surface area contributed by atoms with Crippen LogP contribution in [0.3, 0.4) is 0 Å². The Kier molecular flexibility index (Phi) is 5.18. The van der Waals surface area contributed by atoms with Crippen molar-refractivity contribution in [2.45, 2.75) is 12.2 Å². The molecule has 1 aromatic rings. The van der Waals surface area contributed by atoms with E-state index in [4.69, 9.17) is 14.2 Å². The molecule has 104 valence electrons. The summed E-state index contributed by atoms with van der Waals surface area (Å²) in [5.41, 5.74) is 0. The maximum Gasteiger partial charge on any atom is 0.337 e. The lowest BCUT2D eigenvalue weighted by molar-refractivity contribution is -0.184. The molecule has 0 bridgehead atoms. The SMILES string of the molecule is COC(=O)C1COCC(COc2ccc(Br)cc2)O1. The molecule has 1 fully saturated rings. The Balaban J connectivity index is 1.82. The van der Waals surface area contributed by atoms with Crippen molar-refractivity contribution in [3.63, 3.8) is 0 Å². The quantitative estimate of drug-likeness (QED) is 0.788. The summed E-state index contributed by atoms with van der Waals surface area (Å²) in [7, 11) is 1.33. The molecule has 0 aliphatic carbocycles. The largest absolute Gasteiger partial charge is 0.491 e. The first-order valence-corrected chi connectivity index (χ1v) is 6.67. The summed E-state index contributed by atoms with van der Waals surface area (Å²) in [5.74, 6) is 0.320. The van der Waals surface area contributed by atoms with Crippen LogP contribution in [0.25, 0.3) is 0 Å². The highest BCUT2D eigenvalue weighted by atomic mass is 79.9. The smallest absolute Gasteiger partial charge is 0.337 e. The van der Waals surface area contributed by atoms with Crippen molar-refractivity contribution in [1.29, 1.82) is 0 Å². The summed E-state index contributed by atoms with van der Waals surface area (Å²) in [6.07, 6.45) is -0.946. The van der Waals surface area contributed by atoms with Crippen molar-refractivity contribution in [3.05, 3.63) is 28.7 Å². The zero-order valence-electron chi connectivity index (χ0n) is 10.5. The van der Waals surface area contributed by atoms with E-state index >= 15 is 0 Å². The monoisotopic (exact) mass is 330 g/mol. The zero-order chi connectivity index (χ0) is 13.7. The molecule has 1 heterocycles. The Labute approximate surface area is 119 Å². The number of carbonyl (C=O) groups excluding carboxylic acids is 1. The Morgan fingerprint density at radius 3 is 2.79 bits per heavy atom. The average molecular weight is 331 g/mol. The van der Waals surface area contributed by atoms with E-state index in [2.05, 4.69) is 20.7 Å². The first-order chi connectivity index (χ1) is 9.19. The average Bonchev–Trinajstić information content (AvgIpc) is 2.46. The fraction of sp³-hybridized carbons (Fsp3) is 0.462. The number of hydrogen-bond donors (Lipinski definition) is 0. The van der Waals surface area contributed by atoms with Gasteiger partial charge in [0.05, 0.1) is 20.3 Å². The van der Waals surface area contributed by atoms with Gasteiger partial charge in [-0.2, -0.15) is 0 Å². The third kappa shape index (κ3) is 4.19. The fourth-order valence-electron chi connectivity index (χ4n) is 1.68. The third-order valence-corrected chi connectivity index (χ3v) is 3.17. The predicted octanol–water partition coefficient (Wildman–Crippen LogP) is 1.78. The summed E-state index contributed by atoms with van der Waals surface area (Å²) in [6, 6.07) is 7.49. The van der Waals surface area contributed by atoms with Gasteiger partial charge in [-0.15, -0.1) is 0 Å². The van der Waals surface area contributed by atoms with E-state index < -0.39 is 12.1 Å². The second-order valence-electron chi connectivity index (χ2n) is 4.07. The topological polar surface area (TPSA) is 54.0 Å². The molecule has 0 saturated carbocycles. The number of rotatable bonds is 4. The molecular formula is C13H15BrO5. The van der Waals surface area contributed by atoms with Crippen molar-refractivity contribution in [1.82, 2.24) is 0 Å². The maximum atomic E-state index is 11.4. The number of carbonyl (C=O) groups is 1. The molecule has 0 spiro atoms. The van der Waals surface area contributed by atoms with E-state index in [-0.39, 0.29) is 12.7 Å². The molecule has 5 nitrogen and oxygen atoms in total. The summed E-state index contributed by atoms with van der Waals surface area (Å²) >= 11 is 3.35. The van der Waals surface area contributed by atoms with E-state index in [0.29, 0.717) is 13.2 Å². The highest BCUT2D eigenvalue weighted by Crippen LogP contribution is 2.17. The van der Waals surface area contributed by atoms with Gasteiger partial charge in [0.25, 0.3) is 0 Å². The van der Waals surface area contributed by atoms with Gasteiger partial charge >= 0.3 is 5.97 Å². The number of benzene rings is 1. The fourth-order valence-corrected chi connectivity index (χ4v) is 1.94. The second kappa shape index (κ2) is 6.88. The Hall–Kier alpha value is -1.11. The van der Waals surface area contributed by atoms with Gasteiger partial charge < -0.3 is 18.9 Å². The lowest BCUT2D eigenvalue weighted by Crippen LogP contribution is -2.43. The number of halogens is 1. The van der Waals surface area contributed by atoms with E-state index in [0.717, 1.165) is 10.2 Å². The minimum Gasteiger partial charge on any atom is -0.491 e. The van der Waals surface area contributed by atoms with Crippen molar-refractivity contribution in [2.75, 3.05) is 26.9 Å². The third-order valence-electron chi connectivity index (χ3n) is 2.64. The normalized spacial score (nSPS) is 22.8. The predicted molar refractivity (Wildman–Crippen MR) is 71.1 cm³/mol. The van der Waals surface area contributed by atoms with Gasteiger partial charge in [-0.25, -0.2) is 4.79 Å². The number of esters is 1. The van der Waals surface area contributed by atoms with Crippen LogP contribution < -0.4 is 4.74 Å². The molecule has 1 aromatic carbocycles. The van der Waals surface area contributed by atoms with Crippen LogP contribution in [-0.4, -0.2) is 45.1 Å². The molecular weight excluding hydrogens is 316 g/mol. The Morgan fingerprint density at radius 1 is 1.37 bits per heavy atom. The summed E-state index contributed by atoms with van der Waals surface area (Å²) in [4.78, 5) is 11.4. The van der Waals surface area contributed by atoms with Crippen LogP contribution in [-0.2, 0) is 19.0 Å². The van der Waals surface area contributed by atoms with Crippen LogP contribution in [0.5, 0.6) is 5.75 Å². The number of methoxy groups -OCH3 is 1. The molecule has 2 rings (SSSR count).